The van der Waals surface area contributed by atoms with Crippen molar-refractivity contribution in [2.45, 2.75) is 28.5 Å². The summed E-state index contributed by atoms with van der Waals surface area (Å²) in [5.41, 5.74) is 2.71. The van der Waals surface area contributed by atoms with Crippen LogP contribution in [0.4, 0.5) is 0 Å². The summed E-state index contributed by atoms with van der Waals surface area (Å²) in [4.78, 5) is 4.21. The summed E-state index contributed by atoms with van der Waals surface area (Å²) >= 11 is 0. The van der Waals surface area contributed by atoms with Crippen LogP contribution in [0, 0.1) is 13.8 Å². The van der Waals surface area contributed by atoms with Crippen molar-refractivity contribution in [1.29, 1.82) is 0 Å². The van der Waals surface area contributed by atoms with E-state index in [4.69, 9.17) is 0 Å². The predicted molar refractivity (Wildman–Crippen MR) is 91.0 cm³/mol. The maximum atomic E-state index is 2.26. The molecule has 0 radical (unpaired) electrons. The van der Waals surface area contributed by atoms with Crippen molar-refractivity contribution in [3.63, 3.8) is 0 Å². The highest BCUT2D eigenvalue weighted by Crippen LogP contribution is 2.34. The van der Waals surface area contributed by atoms with Gasteiger partial charge in [0, 0.05) is 11.1 Å². The molecule has 3 rings (SSSR count). The quantitative estimate of drug-likeness (QED) is 0.567. The number of rotatable bonds is 3. The summed E-state index contributed by atoms with van der Waals surface area (Å²) < 4.78 is 0. The highest BCUT2D eigenvalue weighted by atomic mass is 32.2. The van der Waals surface area contributed by atoms with Gasteiger partial charge in [0.15, 0.2) is 14.7 Å². The van der Waals surface area contributed by atoms with E-state index in [1.54, 1.807) is 0 Å². The molecule has 1 heteroatoms. The van der Waals surface area contributed by atoms with Crippen LogP contribution in [0.3, 0.4) is 0 Å². The predicted octanol–water partition coefficient (Wildman–Crippen LogP) is 5.40. The van der Waals surface area contributed by atoms with Crippen LogP contribution in [-0.4, -0.2) is 0 Å². The van der Waals surface area contributed by atoms with E-state index in [-0.39, 0.29) is 10.9 Å². The maximum Gasteiger partial charge on any atom is 0.169 e. The average molecular weight is 291 g/mol. The summed E-state index contributed by atoms with van der Waals surface area (Å²) in [6.07, 6.45) is 0. The Morgan fingerprint density at radius 1 is 0.524 bits per heavy atom. The fraction of sp³-hybridized carbons (Fsp3) is 0.100. The highest BCUT2D eigenvalue weighted by molar-refractivity contribution is 7.97. The third-order valence-corrected chi connectivity index (χ3v) is 6.15. The van der Waals surface area contributed by atoms with Gasteiger partial charge in [-0.05, 0) is 38.1 Å². The molecule has 104 valence electrons. The van der Waals surface area contributed by atoms with Crippen molar-refractivity contribution in [2.24, 2.45) is 0 Å². The third-order valence-electron chi connectivity index (χ3n) is 3.61. The monoisotopic (exact) mass is 291 g/mol. The summed E-state index contributed by atoms with van der Waals surface area (Å²) in [7, 11) is -0.0378. The van der Waals surface area contributed by atoms with Crippen LogP contribution in [0.2, 0.25) is 0 Å². The van der Waals surface area contributed by atoms with Crippen LogP contribution in [0.5, 0.6) is 0 Å². The Kier molecular flexibility index (Phi) is 4.12. The Hall–Kier alpha value is -1.99. The van der Waals surface area contributed by atoms with Gasteiger partial charge in [-0.15, -0.1) is 0 Å². The first kappa shape index (κ1) is 14.0. The molecule has 0 amide bonds. The maximum absolute atomic E-state index is 2.26. The lowest BCUT2D eigenvalue weighted by Gasteiger charge is -2.11. The third kappa shape index (κ3) is 2.88. The number of benzene rings is 3. The molecule has 0 nitrogen and oxygen atoms in total. The largest absolute Gasteiger partial charge is 0.169 e. The SMILES string of the molecule is Cc1ccccc1[S+](c1ccccc1)c1ccccc1C. The summed E-state index contributed by atoms with van der Waals surface area (Å²) in [6, 6.07) is 28.3. The fourth-order valence-corrected chi connectivity index (χ4v) is 4.88. The van der Waals surface area contributed by atoms with E-state index in [0.29, 0.717) is 0 Å². The van der Waals surface area contributed by atoms with Gasteiger partial charge < -0.3 is 0 Å². The molecule has 0 N–H and O–H groups in total. The van der Waals surface area contributed by atoms with E-state index in [2.05, 4.69) is 92.7 Å². The van der Waals surface area contributed by atoms with E-state index in [9.17, 15) is 0 Å². The van der Waals surface area contributed by atoms with Gasteiger partial charge in [0.1, 0.15) is 0 Å². The standard InChI is InChI=1S/C20H19S/c1-16-10-6-8-14-19(16)21(18-12-4-3-5-13-18)20-15-9-7-11-17(20)2/h3-15H,1-2H3/q+1. The van der Waals surface area contributed by atoms with E-state index < -0.39 is 0 Å². The molecule has 21 heavy (non-hydrogen) atoms. The van der Waals surface area contributed by atoms with Gasteiger partial charge in [0.2, 0.25) is 0 Å². The lowest BCUT2D eigenvalue weighted by atomic mass is 10.2. The van der Waals surface area contributed by atoms with Gasteiger partial charge in [0.05, 0.1) is 10.9 Å². The molecule has 0 aliphatic rings. The van der Waals surface area contributed by atoms with Crippen molar-refractivity contribution >= 4 is 10.9 Å². The van der Waals surface area contributed by atoms with E-state index in [1.165, 1.54) is 25.8 Å². The Bertz CT molecular complexity index is 686. The molecule has 3 aromatic rings. The number of hydrogen-bond donors (Lipinski definition) is 0. The molecule has 0 atom stereocenters. The molecule has 0 saturated carbocycles. The fourth-order valence-electron chi connectivity index (χ4n) is 2.50. The van der Waals surface area contributed by atoms with Crippen molar-refractivity contribution in [3.8, 4) is 0 Å². The Morgan fingerprint density at radius 2 is 0.952 bits per heavy atom. The van der Waals surface area contributed by atoms with Crippen LogP contribution in [0.25, 0.3) is 0 Å². The molecular weight excluding hydrogens is 272 g/mol. The van der Waals surface area contributed by atoms with Gasteiger partial charge in [0.25, 0.3) is 0 Å². The van der Waals surface area contributed by atoms with Crippen molar-refractivity contribution in [2.75, 3.05) is 0 Å². The lowest BCUT2D eigenvalue weighted by molar-refractivity contribution is 1.22. The zero-order valence-corrected chi connectivity index (χ0v) is 13.2. The molecular formula is C20H19S+. The molecule has 0 fully saturated rings. The van der Waals surface area contributed by atoms with E-state index in [0.717, 1.165) is 0 Å². The first-order valence-corrected chi connectivity index (χ1v) is 8.40. The Balaban J connectivity index is 2.22. The Labute approximate surface area is 129 Å². The molecule has 0 heterocycles. The smallest absolute Gasteiger partial charge is 0.0619 e. The van der Waals surface area contributed by atoms with Crippen LogP contribution < -0.4 is 0 Å². The normalized spacial score (nSPS) is 10.8. The molecule has 0 aliphatic heterocycles. The highest BCUT2D eigenvalue weighted by Gasteiger charge is 2.31. The first-order chi connectivity index (χ1) is 10.3. The molecule has 0 saturated heterocycles. The molecule has 0 spiro atoms. The minimum Gasteiger partial charge on any atom is -0.0619 e. The zero-order chi connectivity index (χ0) is 14.7. The van der Waals surface area contributed by atoms with E-state index in [1.807, 2.05) is 0 Å². The van der Waals surface area contributed by atoms with Gasteiger partial charge in [-0.2, -0.15) is 0 Å². The van der Waals surface area contributed by atoms with Crippen molar-refractivity contribution in [3.05, 3.63) is 90.0 Å². The van der Waals surface area contributed by atoms with Crippen LogP contribution >= 0.6 is 0 Å². The van der Waals surface area contributed by atoms with Crippen molar-refractivity contribution in [1.82, 2.24) is 0 Å². The molecule has 0 aromatic heterocycles. The van der Waals surface area contributed by atoms with E-state index >= 15 is 0 Å². The summed E-state index contributed by atoms with van der Waals surface area (Å²) in [6.45, 7) is 4.41. The Morgan fingerprint density at radius 3 is 1.43 bits per heavy atom. The summed E-state index contributed by atoms with van der Waals surface area (Å²) in [5, 5.41) is 0. The van der Waals surface area contributed by atoms with Crippen molar-refractivity contribution < 1.29 is 0 Å². The van der Waals surface area contributed by atoms with Crippen LogP contribution in [0.15, 0.2) is 93.5 Å². The number of hydrogen-bond acceptors (Lipinski definition) is 0. The second-order valence-electron chi connectivity index (χ2n) is 5.15. The van der Waals surface area contributed by atoms with Crippen LogP contribution in [0.1, 0.15) is 11.1 Å². The lowest BCUT2D eigenvalue weighted by Crippen LogP contribution is -2.07. The number of aryl methyl sites for hydroxylation is 2. The molecule has 3 aromatic carbocycles. The topological polar surface area (TPSA) is 0 Å². The van der Waals surface area contributed by atoms with Gasteiger partial charge in [-0.1, -0.05) is 54.6 Å². The first-order valence-electron chi connectivity index (χ1n) is 7.18. The van der Waals surface area contributed by atoms with Crippen LogP contribution in [-0.2, 0) is 10.9 Å². The molecule has 0 aliphatic carbocycles. The zero-order valence-electron chi connectivity index (χ0n) is 12.4. The minimum atomic E-state index is -0.0378. The molecule has 0 unspecified atom stereocenters. The average Bonchev–Trinajstić information content (AvgIpc) is 2.52. The minimum absolute atomic E-state index is 0.0378. The van der Waals surface area contributed by atoms with Gasteiger partial charge in [-0.3, -0.25) is 0 Å². The molecule has 0 bridgehead atoms. The second kappa shape index (κ2) is 6.19. The second-order valence-corrected chi connectivity index (χ2v) is 7.11. The van der Waals surface area contributed by atoms with Gasteiger partial charge >= 0.3 is 0 Å². The summed E-state index contributed by atoms with van der Waals surface area (Å²) in [5.74, 6) is 0. The van der Waals surface area contributed by atoms with Gasteiger partial charge in [-0.25, -0.2) is 0 Å².